The van der Waals surface area contributed by atoms with Crippen molar-refractivity contribution in [2.75, 3.05) is 28.4 Å². The van der Waals surface area contributed by atoms with Crippen molar-refractivity contribution < 1.29 is 32.6 Å². The zero-order valence-corrected chi connectivity index (χ0v) is 23.1. The average Bonchev–Trinajstić information content (AvgIpc) is 2.87. The van der Waals surface area contributed by atoms with Crippen LogP contribution in [-0.4, -0.2) is 44.4 Å². The number of methoxy groups -OCH3 is 2. The van der Waals surface area contributed by atoms with E-state index in [1.807, 2.05) is 0 Å². The molecule has 9 nitrogen and oxygen atoms in total. The average molecular weight is 604 g/mol. The normalized spacial score (nSPS) is 12.2. The lowest BCUT2D eigenvalue weighted by atomic mass is 10.2. The molecule has 0 amide bonds. The van der Waals surface area contributed by atoms with E-state index in [2.05, 4.69) is 25.9 Å². The highest BCUT2D eigenvalue weighted by Crippen LogP contribution is 2.60. The zero-order valence-electron chi connectivity index (χ0n) is 19.1. The molecule has 35 heavy (non-hydrogen) atoms. The van der Waals surface area contributed by atoms with Crippen molar-refractivity contribution in [2.24, 2.45) is 0 Å². The number of esters is 1. The van der Waals surface area contributed by atoms with Gasteiger partial charge in [-0.15, -0.1) is 0 Å². The second kappa shape index (κ2) is 12.2. The van der Waals surface area contributed by atoms with Crippen LogP contribution in [0.5, 0.6) is 11.8 Å². The van der Waals surface area contributed by atoms with E-state index in [9.17, 15) is 9.36 Å². The highest BCUT2D eigenvalue weighted by molar-refractivity contribution is 9.10. The Morgan fingerprint density at radius 3 is 2.14 bits per heavy atom. The minimum absolute atomic E-state index is 0.0328. The lowest BCUT2D eigenvalue weighted by Gasteiger charge is -2.25. The standard InChI is InChI=1S/C22H21BrClN2O7PS/c1-29-17-12-18(30-2)26-22(25-17)35-16-7-5-6-15(24)19(16)20(27)33-21(34(28,31-3)32-4)13-8-10-14(23)11-9-13/h5-12,21H,1-4H3. The van der Waals surface area contributed by atoms with E-state index in [4.69, 9.17) is 34.9 Å². The topological polar surface area (TPSA) is 106 Å². The summed E-state index contributed by atoms with van der Waals surface area (Å²) in [5, 5.41) is 0.371. The van der Waals surface area contributed by atoms with Gasteiger partial charge in [0.05, 0.1) is 30.9 Å². The fourth-order valence-corrected chi connectivity index (χ4v) is 5.67. The maximum Gasteiger partial charge on any atom is 0.375 e. The minimum atomic E-state index is -3.89. The van der Waals surface area contributed by atoms with Crippen molar-refractivity contribution in [2.45, 2.75) is 15.9 Å². The molecule has 0 aliphatic heterocycles. The monoisotopic (exact) mass is 602 g/mol. The summed E-state index contributed by atoms with van der Waals surface area (Å²) in [5.74, 6) is -1.63. The maximum absolute atomic E-state index is 13.4. The van der Waals surface area contributed by atoms with Gasteiger partial charge in [-0.25, -0.2) is 4.79 Å². The summed E-state index contributed by atoms with van der Waals surface area (Å²) in [5.41, 5.74) is 0.445. The molecule has 1 unspecified atom stereocenters. The smallest absolute Gasteiger partial charge is 0.375 e. The molecule has 3 aromatic rings. The Bertz CT molecular complexity index is 1220. The van der Waals surface area contributed by atoms with Crippen molar-refractivity contribution in [3.63, 3.8) is 0 Å². The molecule has 186 valence electrons. The third-order valence-corrected chi connectivity index (χ3v) is 8.39. The molecule has 0 N–H and O–H groups in total. The molecule has 1 atom stereocenters. The van der Waals surface area contributed by atoms with Crippen LogP contribution in [0.4, 0.5) is 0 Å². The number of nitrogens with zero attached hydrogens (tertiary/aromatic N) is 2. The molecule has 3 rings (SSSR count). The van der Waals surface area contributed by atoms with Crippen LogP contribution in [-0.2, 0) is 18.3 Å². The summed E-state index contributed by atoms with van der Waals surface area (Å²) in [7, 11) is 1.47. The molecule has 0 bridgehead atoms. The Labute approximate surface area is 220 Å². The van der Waals surface area contributed by atoms with Gasteiger partial charge in [-0.3, -0.25) is 4.57 Å². The van der Waals surface area contributed by atoms with Gasteiger partial charge in [0.25, 0.3) is 0 Å². The van der Waals surface area contributed by atoms with Crippen LogP contribution in [0.1, 0.15) is 21.8 Å². The van der Waals surface area contributed by atoms with Gasteiger partial charge in [-0.1, -0.05) is 45.7 Å². The number of benzene rings is 2. The predicted molar refractivity (Wildman–Crippen MR) is 135 cm³/mol. The van der Waals surface area contributed by atoms with Crippen molar-refractivity contribution in [3.05, 3.63) is 69.2 Å². The Balaban J connectivity index is 2.01. The fourth-order valence-electron chi connectivity index (χ4n) is 2.89. The van der Waals surface area contributed by atoms with E-state index < -0.39 is 19.4 Å². The van der Waals surface area contributed by atoms with Crippen LogP contribution in [0.2, 0.25) is 5.02 Å². The fraction of sp³-hybridized carbons (Fsp3) is 0.227. The molecule has 0 aliphatic rings. The SMILES string of the molecule is COc1cc(OC)nc(Sc2cccc(Cl)c2C(=O)OC(c2ccc(Br)cc2)P(=O)(OC)OC)n1. The third-order valence-electron chi connectivity index (χ3n) is 4.63. The number of carbonyl (C=O) groups excluding carboxylic acids is 1. The number of hydrogen-bond donors (Lipinski definition) is 0. The minimum Gasteiger partial charge on any atom is -0.481 e. The summed E-state index contributed by atoms with van der Waals surface area (Å²) in [6.45, 7) is 0. The molecule has 0 spiro atoms. The molecule has 1 aromatic heterocycles. The van der Waals surface area contributed by atoms with Crippen LogP contribution in [0.15, 0.2) is 63.1 Å². The molecule has 0 radical (unpaired) electrons. The van der Waals surface area contributed by atoms with Gasteiger partial charge in [0.2, 0.25) is 17.6 Å². The molecule has 0 fully saturated rings. The summed E-state index contributed by atoms with van der Waals surface area (Å²) in [6, 6.07) is 13.1. The van der Waals surface area contributed by atoms with E-state index in [1.54, 1.807) is 36.4 Å². The lowest BCUT2D eigenvalue weighted by Crippen LogP contribution is -2.15. The second-order valence-electron chi connectivity index (χ2n) is 6.66. The Morgan fingerprint density at radius 2 is 1.60 bits per heavy atom. The number of halogens is 2. The van der Waals surface area contributed by atoms with Crippen molar-refractivity contribution in [1.29, 1.82) is 0 Å². The van der Waals surface area contributed by atoms with Crippen LogP contribution in [0.3, 0.4) is 0 Å². The van der Waals surface area contributed by atoms with Crippen LogP contribution in [0, 0.1) is 0 Å². The first-order valence-corrected chi connectivity index (χ1v) is 13.5. The van der Waals surface area contributed by atoms with Gasteiger partial charge < -0.3 is 23.3 Å². The van der Waals surface area contributed by atoms with Crippen molar-refractivity contribution >= 4 is 52.9 Å². The van der Waals surface area contributed by atoms with Gasteiger partial charge in [-0.2, -0.15) is 9.97 Å². The highest BCUT2D eigenvalue weighted by Gasteiger charge is 2.40. The summed E-state index contributed by atoms with van der Waals surface area (Å²) >= 11 is 10.8. The predicted octanol–water partition coefficient (Wildman–Crippen LogP) is 6.40. The zero-order chi connectivity index (χ0) is 25.6. The number of carbonyl (C=O) groups is 1. The largest absolute Gasteiger partial charge is 0.481 e. The first-order valence-electron chi connectivity index (χ1n) is 9.85. The Kier molecular flexibility index (Phi) is 9.57. The summed E-state index contributed by atoms with van der Waals surface area (Å²) < 4.78 is 40.4. The van der Waals surface area contributed by atoms with Gasteiger partial charge >= 0.3 is 13.6 Å². The number of aromatic nitrogens is 2. The first kappa shape index (κ1) is 27.4. The van der Waals surface area contributed by atoms with E-state index in [-0.39, 0.29) is 27.5 Å². The van der Waals surface area contributed by atoms with Gasteiger partial charge in [0.1, 0.15) is 0 Å². The van der Waals surface area contributed by atoms with Gasteiger partial charge in [0.15, 0.2) is 5.16 Å². The Hall–Kier alpha value is -2.14. The molecular formula is C22H21BrClN2O7PS. The van der Waals surface area contributed by atoms with E-state index >= 15 is 0 Å². The van der Waals surface area contributed by atoms with Crippen LogP contribution in [0.25, 0.3) is 0 Å². The molecular weight excluding hydrogens is 583 g/mol. The quantitative estimate of drug-likeness (QED) is 0.147. The first-order chi connectivity index (χ1) is 16.7. The van der Waals surface area contributed by atoms with E-state index in [1.165, 1.54) is 40.6 Å². The third kappa shape index (κ3) is 6.55. The summed E-state index contributed by atoms with van der Waals surface area (Å²) in [4.78, 5) is 22.3. The second-order valence-corrected chi connectivity index (χ2v) is 11.3. The maximum atomic E-state index is 13.4. The molecule has 0 aliphatic carbocycles. The number of rotatable bonds is 10. The van der Waals surface area contributed by atoms with Crippen molar-refractivity contribution in [3.8, 4) is 11.8 Å². The molecule has 1 heterocycles. The van der Waals surface area contributed by atoms with E-state index in [0.717, 1.165) is 16.2 Å². The highest BCUT2D eigenvalue weighted by atomic mass is 79.9. The molecule has 13 heteroatoms. The van der Waals surface area contributed by atoms with Gasteiger partial charge in [-0.05, 0) is 36.0 Å². The van der Waals surface area contributed by atoms with E-state index in [0.29, 0.717) is 10.5 Å². The number of hydrogen-bond acceptors (Lipinski definition) is 10. The summed E-state index contributed by atoms with van der Waals surface area (Å²) in [6.07, 6.45) is 0. The Morgan fingerprint density at radius 1 is 1.00 bits per heavy atom. The van der Waals surface area contributed by atoms with Crippen molar-refractivity contribution in [1.82, 2.24) is 9.97 Å². The molecule has 0 saturated carbocycles. The number of ether oxygens (including phenoxy) is 3. The lowest BCUT2D eigenvalue weighted by molar-refractivity contribution is 0.0378. The van der Waals surface area contributed by atoms with Crippen LogP contribution >= 0.6 is 46.9 Å². The van der Waals surface area contributed by atoms with Crippen LogP contribution < -0.4 is 9.47 Å². The van der Waals surface area contributed by atoms with Gasteiger partial charge in [0, 0.05) is 29.2 Å². The molecule has 2 aromatic carbocycles. The molecule has 0 saturated heterocycles.